The van der Waals surface area contributed by atoms with E-state index in [4.69, 9.17) is 0 Å². The van der Waals surface area contributed by atoms with Gasteiger partial charge < -0.3 is 9.88 Å². The molecule has 0 unspecified atom stereocenters. The number of hydrogen-bond donors (Lipinski definition) is 1. The van der Waals surface area contributed by atoms with Crippen LogP contribution in [0.1, 0.15) is 6.92 Å². The number of benzene rings is 1. The summed E-state index contributed by atoms with van der Waals surface area (Å²) in [5, 5.41) is 2.88. The Bertz CT molecular complexity index is 771. The average Bonchev–Trinajstić information content (AvgIpc) is 2.41. The maximum absolute atomic E-state index is 12.4. The van der Waals surface area contributed by atoms with Crippen LogP contribution in [0.15, 0.2) is 39.7 Å². The number of aromatic nitrogens is 1. The Hall–Kier alpha value is -1.83. The molecule has 1 aromatic heterocycles. The second kappa shape index (κ2) is 6.12. The Labute approximate surface area is 132 Å². The minimum Gasteiger partial charge on any atom is -0.343 e. The molecule has 1 N–H and O–H groups in total. The van der Waals surface area contributed by atoms with Crippen molar-refractivity contribution in [2.75, 3.05) is 0 Å². The van der Waals surface area contributed by atoms with Gasteiger partial charge in [-0.1, -0.05) is 12.1 Å². The molecule has 4 nitrogen and oxygen atoms in total. The molecule has 8 heteroatoms. The second-order valence-corrected chi connectivity index (χ2v) is 5.64. The molecule has 0 radical (unpaired) electrons. The fourth-order valence-electron chi connectivity index (χ4n) is 1.94. The number of carbonyl (C=O) groups is 1. The SMILES string of the molecule is C[C@H](NC(=O)Cn1ccc2cccc(Br)c2c1=O)C(F)(F)F. The van der Waals surface area contributed by atoms with Gasteiger partial charge in [0.1, 0.15) is 12.6 Å². The van der Waals surface area contributed by atoms with Crippen molar-refractivity contribution >= 4 is 32.6 Å². The van der Waals surface area contributed by atoms with Crippen LogP contribution in [0.25, 0.3) is 10.8 Å². The monoisotopic (exact) mass is 376 g/mol. The quantitative estimate of drug-likeness (QED) is 0.895. The number of rotatable bonds is 3. The largest absolute Gasteiger partial charge is 0.408 e. The van der Waals surface area contributed by atoms with E-state index in [0.29, 0.717) is 15.2 Å². The van der Waals surface area contributed by atoms with Gasteiger partial charge in [0, 0.05) is 10.7 Å². The summed E-state index contributed by atoms with van der Waals surface area (Å²) in [6.45, 7) is 0.369. The molecule has 0 bridgehead atoms. The van der Waals surface area contributed by atoms with E-state index in [1.807, 2.05) is 5.32 Å². The van der Waals surface area contributed by atoms with Gasteiger partial charge in [-0.3, -0.25) is 9.59 Å². The van der Waals surface area contributed by atoms with Gasteiger partial charge in [0.05, 0.1) is 5.39 Å². The lowest BCUT2D eigenvalue weighted by molar-refractivity contribution is -0.158. The van der Waals surface area contributed by atoms with E-state index in [9.17, 15) is 22.8 Å². The van der Waals surface area contributed by atoms with Crippen LogP contribution in [-0.2, 0) is 11.3 Å². The molecule has 0 saturated carbocycles. The van der Waals surface area contributed by atoms with Crippen molar-refractivity contribution in [3.05, 3.63) is 45.3 Å². The van der Waals surface area contributed by atoms with Crippen molar-refractivity contribution in [2.45, 2.75) is 25.7 Å². The van der Waals surface area contributed by atoms with E-state index in [0.717, 1.165) is 11.5 Å². The topological polar surface area (TPSA) is 51.1 Å². The van der Waals surface area contributed by atoms with Gasteiger partial charge in [0.15, 0.2) is 0 Å². The molecule has 0 fully saturated rings. The van der Waals surface area contributed by atoms with Crippen LogP contribution < -0.4 is 10.9 Å². The summed E-state index contributed by atoms with van der Waals surface area (Å²) in [5.74, 6) is -0.877. The molecule has 0 aliphatic carbocycles. The lowest BCUT2D eigenvalue weighted by Crippen LogP contribution is -2.45. The summed E-state index contributed by atoms with van der Waals surface area (Å²) in [4.78, 5) is 24.0. The zero-order valence-corrected chi connectivity index (χ0v) is 13.0. The number of nitrogens with one attached hydrogen (secondary N) is 1. The molecule has 1 heterocycles. The summed E-state index contributed by atoms with van der Waals surface area (Å²) in [6, 6.07) is 4.83. The highest BCUT2D eigenvalue weighted by molar-refractivity contribution is 9.10. The molecule has 2 aromatic rings. The number of amides is 1. The van der Waals surface area contributed by atoms with Gasteiger partial charge >= 0.3 is 6.18 Å². The van der Waals surface area contributed by atoms with E-state index in [-0.39, 0.29) is 0 Å². The van der Waals surface area contributed by atoms with Crippen LogP contribution in [0, 0.1) is 0 Å². The molecular formula is C14H12BrF3N2O2. The van der Waals surface area contributed by atoms with E-state index in [1.54, 1.807) is 24.3 Å². The predicted octanol–water partition coefficient (Wildman–Crippen LogP) is 2.83. The summed E-state index contributed by atoms with van der Waals surface area (Å²) < 4.78 is 38.8. The maximum Gasteiger partial charge on any atom is 0.408 e. The Kier molecular flexibility index (Phi) is 4.60. The summed E-state index contributed by atoms with van der Waals surface area (Å²) in [7, 11) is 0. The molecule has 2 rings (SSSR count). The Morgan fingerprint density at radius 2 is 2.05 bits per heavy atom. The van der Waals surface area contributed by atoms with Crippen LogP contribution in [0.3, 0.4) is 0 Å². The van der Waals surface area contributed by atoms with Crippen molar-refractivity contribution in [3.63, 3.8) is 0 Å². The normalized spacial score (nSPS) is 13.1. The number of fused-ring (bicyclic) bond motifs is 1. The summed E-state index contributed by atoms with van der Waals surface area (Å²) >= 11 is 3.25. The van der Waals surface area contributed by atoms with Crippen molar-refractivity contribution in [1.29, 1.82) is 0 Å². The van der Waals surface area contributed by atoms with E-state index >= 15 is 0 Å². The van der Waals surface area contributed by atoms with Gasteiger partial charge in [-0.15, -0.1) is 0 Å². The minimum atomic E-state index is -4.52. The second-order valence-electron chi connectivity index (χ2n) is 4.78. The summed E-state index contributed by atoms with van der Waals surface area (Å²) in [6.07, 6.45) is -3.14. The first kappa shape index (κ1) is 16.5. The first-order chi connectivity index (χ1) is 10.2. The lowest BCUT2D eigenvalue weighted by atomic mass is 10.2. The first-order valence-corrected chi connectivity index (χ1v) is 7.13. The number of hydrogen-bond acceptors (Lipinski definition) is 2. The smallest absolute Gasteiger partial charge is 0.343 e. The van der Waals surface area contributed by atoms with Crippen molar-refractivity contribution < 1.29 is 18.0 Å². The summed E-state index contributed by atoms with van der Waals surface area (Å²) in [5.41, 5.74) is -0.445. The molecule has 1 aromatic carbocycles. The van der Waals surface area contributed by atoms with E-state index in [2.05, 4.69) is 15.9 Å². The molecular weight excluding hydrogens is 365 g/mol. The fraction of sp³-hybridized carbons (Fsp3) is 0.286. The third-order valence-electron chi connectivity index (χ3n) is 3.14. The van der Waals surface area contributed by atoms with Crippen LogP contribution >= 0.6 is 15.9 Å². The van der Waals surface area contributed by atoms with Crippen LogP contribution in [0.2, 0.25) is 0 Å². The van der Waals surface area contributed by atoms with Gasteiger partial charge in [0.2, 0.25) is 5.91 Å². The van der Waals surface area contributed by atoms with Gasteiger partial charge in [-0.25, -0.2) is 0 Å². The highest BCUT2D eigenvalue weighted by atomic mass is 79.9. The Morgan fingerprint density at radius 1 is 1.36 bits per heavy atom. The number of halogens is 4. The standard InChI is InChI=1S/C14H12BrF3N2O2/c1-8(14(16,17)18)19-11(21)7-20-6-5-9-3-2-4-10(15)12(9)13(20)22/h2-6,8H,7H2,1H3,(H,19,21)/t8-/m0/s1. The van der Waals surface area contributed by atoms with Crippen LogP contribution in [0.4, 0.5) is 13.2 Å². The van der Waals surface area contributed by atoms with Crippen molar-refractivity contribution in [2.24, 2.45) is 0 Å². The van der Waals surface area contributed by atoms with E-state index < -0.39 is 30.2 Å². The highest BCUT2D eigenvalue weighted by Gasteiger charge is 2.36. The molecule has 22 heavy (non-hydrogen) atoms. The minimum absolute atomic E-state index is 0.377. The highest BCUT2D eigenvalue weighted by Crippen LogP contribution is 2.20. The number of pyridine rings is 1. The van der Waals surface area contributed by atoms with Crippen molar-refractivity contribution in [1.82, 2.24) is 9.88 Å². The van der Waals surface area contributed by atoms with Crippen molar-refractivity contribution in [3.8, 4) is 0 Å². The van der Waals surface area contributed by atoms with Crippen LogP contribution in [-0.4, -0.2) is 22.7 Å². The zero-order chi connectivity index (χ0) is 16.5. The van der Waals surface area contributed by atoms with Gasteiger partial charge in [0.25, 0.3) is 5.56 Å². The molecule has 0 aliphatic heterocycles. The van der Waals surface area contributed by atoms with Crippen LogP contribution in [0.5, 0.6) is 0 Å². The lowest BCUT2D eigenvalue weighted by Gasteiger charge is -2.17. The predicted molar refractivity (Wildman–Crippen MR) is 79.6 cm³/mol. The van der Waals surface area contributed by atoms with Gasteiger partial charge in [-0.2, -0.15) is 13.2 Å². The van der Waals surface area contributed by atoms with E-state index in [1.165, 1.54) is 6.20 Å². The third kappa shape index (κ3) is 3.49. The average molecular weight is 377 g/mol. The molecule has 0 aliphatic rings. The van der Waals surface area contributed by atoms with Gasteiger partial charge in [-0.05, 0) is 40.4 Å². The zero-order valence-electron chi connectivity index (χ0n) is 11.4. The third-order valence-corrected chi connectivity index (χ3v) is 3.80. The number of nitrogens with zero attached hydrogens (tertiary/aromatic N) is 1. The number of carbonyl (C=O) groups excluding carboxylic acids is 1. The molecule has 0 saturated heterocycles. The Morgan fingerprint density at radius 3 is 2.68 bits per heavy atom. The fourth-order valence-corrected chi connectivity index (χ4v) is 2.49. The molecule has 1 amide bonds. The molecule has 1 atom stereocenters. The number of alkyl halides is 3. The molecule has 118 valence electrons. The maximum atomic E-state index is 12.4. The molecule has 0 spiro atoms. The Balaban J connectivity index is 2.26. The first-order valence-electron chi connectivity index (χ1n) is 6.34.